The van der Waals surface area contributed by atoms with Gasteiger partial charge in [0.15, 0.2) is 23.0 Å². The molecule has 0 fully saturated rings. The van der Waals surface area contributed by atoms with Gasteiger partial charge in [-0.1, -0.05) is 12.1 Å². The number of aromatic carboxylic acids is 1. The Morgan fingerprint density at radius 3 is 1.57 bits per heavy atom. The summed E-state index contributed by atoms with van der Waals surface area (Å²) in [4.78, 5) is 76.7. The van der Waals surface area contributed by atoms with Crippen LogP contribution in [0.15, 0.2) is 103 Å². The van der Waals surface area contributed by atoms with E-state index in [1.165, 1.54) is 94.8 Å². The fraction of sp³-hybridized carbons (Fsp3) is 0.136. The topological polar surface area (TPSA) is 262 Å². The Hall–Kier alpha value is -8.34. The van der Waals surface area contributed by atoms with Gasteiger partial charge in [0.05, 0.1) is 31.2 Å². The summed E-state index contributed by atoms with van der Waals surface area (Å²) in [7, 11) is 2.37. The maximum atomic E-state index is 13.2. The highest BCUT2D eigenvalue weighted by atomic mass is 16.5. The highest BCUT2D eigenvalue weighted by Crippen LogP contribution is 2.40. The average Bonchev–Trinajstić information content (AvgIpc) is 3.22. The molecule has 0 aliphatic heterocycles. The lowest BCUT2D eigenvalue weighted by Crippen LogP contribution is -2.52. The van der Waals surface area contributed by atoms with Gasteiger partial charge in [-0.05, 0) is 117 Å². The van der Waals surface area contributed by atoms with Crippen molar-refractivity contribution < 1.29 is 58.7 Å². The molecule has 5 aromatic carbocycles. The maximum absolute atomic E-state index is 13.2. The first-order valence-electron chi connectivity index (χ1n) is 18.2. The SMILES string of the molecule is COc1c(NC(=O)c2ccc(NC(=O)c3ccc(NC(=O)C(C)(C)NC(=O)c4ccc(NC(=O)C(C)=Cc5ccc(O)cc5)cc4)cc3)c(OC)c2O)ccc(C(=O)O)c1O. The van der Waals surface area contributed by atoms with Crippen molar-refractivity contribution in [3.63, 3.8) is 0 Å². The number of carbonyl (C=O) groups excluding carboxylic acids is 5. The summed E-state index contributed by atoms with van der Waals surface area (Å²) in [6.07, 6.45) is 1.66. The number of aromatic hydroxyl groups is 3. The summed E-state index contributed by atoms with van der Waals surface area (Å²) in [6, 6.07) is 23.1. The molecule has 0 saturated heterocycles. The summed E-state index contributed by atoms with van der Waals surface area (Å²) in [5.41, 5.74) is 0.0783. The van der Waals surface area contributed by atoms with E-state index in [9.17, 15) is 49.2 Å². The van der Waals surface area contributed by atoms with Crippen LogP contribution in [0.2, 0.25) is 0 Å². The lowest BCUT2D eigenvalue weighted by molar-refractivity contribution is -0.121. The van der Waals surface area contributed by atoms with E-state index in [0.717, 1.165) is 11.6 Å². The van der Waals surface area contributed by atoms with Crippen molar-refractivity contribution in [1.29, 1.82) is 0 Å². The zero-order chi connectivity index (χ0) is 44.6. The molecule has 0 aliphatic rings. The van der Waals surface area contributed by atoms with Crippen molar-refractivity contribution in [3.8, 4) is 28.7 Å². The van der Waals surface area contributed by atoms with Crippen LogP contribution in [-0.2, 0) is 9.59 Å². The predicted molar refractivity (Wildman–Crippen MR) is 226 cm³/mol. The molecule has 9 N–H and O–H groups in total. The van der Waals surface area contributed by atoms with Gasteiger partial charge < -0.3 is 56.5 Å². The molecule has 0 spiro atoms. The summed E-state index contributed by atoms with van der Waals surface area (Å²) < 4.78 is 10.4. The number of phenols is 3. The third-order valence-corrected chi connectivity index (χ3v) is 9.08. The smallest absolute Gasteiger partial charge is 0.339 e. The third-order valence-electron chi connectivity index (χ3n) is 9.08. The number of rotatable bonds is 14. The van der Waals surface area contributed by atoms with Crippen molar-refractivity contribution in [2.24, 2.45) is 0 Å². The second-order valence-corrected chi connectivity index (χ2v) is 13.9. The van der Waals surface area contributed by atoms with Gasteiger partial charge in [-0.25, -0.2) is 4.79 Å². The fourth-order valence-electron chi connectivity index (χ4n) is 5.72. The van der Waals surface area contributed by atoms with Crippen LogP contribution in [-0.4, -0.2) is 75.7 Å². The fourth-order valence-corrected chi connectivity index (χ4v) is 5.72. The number of carboxylic acids is 1. The van der Waals surface area contributed by atoms with E-state index < -0.39 is 52.2 Å². The number of methoxy groups -OCH3 is 2. The number of benzene rings is 5. The Kier molecular flexibility index (Phi) is 13.3. The molecule has 5 amide bonds. The highest BCUT2D eigenvalue weighted by molar-refractivity contribution is 6.11. The molecule has 0 aliphatic carbocycles. The van der Waals surface area contributed by atoms with Crippen molar-refractivity contribution in [1.82, 2.24) is 5.32 Å². The molecule has 0 bridgehead atoms. The van der Waals surface area contributed by atoms with Gasteiger partial charge in [-0.15, -0.1) is 0 Å². The predicted octanol–water partition coefficient (Wildman–Crippen LogP) is 6.21. The molecule has 314 valence electrons. The number of hydrogen-bond donors (Lipinski definition) is 9. The zero-order valence-corrected chi connectivity index (χ0v) is 33.4. The second-order valence-electron chi connectivity index (χ2n) is 13.9. The van der Waals surface area contributed by atoms with Crippen LogP contribution >= 0.6 is 0 Å². The first-order chi connectivity index (χ1) is 28.9. The summed E-state index contributed by atoms with van der Waals surface area (Å²) >= 11 is 0. The Morgan fingerprint density at radius 2 is 1.05 bits per heavy atom. The molecular formula is C44H41N5O12. The van der Waals surface area contributed by atoms with Crippen LogP contribution in [0.4, 0.5) is 22.7 Å². The normalized spacial score (nSPS) is 11.1. The quantitative estimate of drug-likeness (QED) is 0.0566. The number of amides is 5. The van der Waals surface area contributed by atoms with Crippen LogP contribution in [0.3, 0.4) is 0 Å². The molecule has 0 heterocycles. The summed E-state index contributed by atoms with van der Waals surface area (Å²) in [5.74, 6) is -6.20. The molecule has 5 rings (SSSR count). The minimum Gasteiger partial charge on any atom is -0.508 e. The van der Waals surface area contributed by atoms with Crippen LogP contribution in [0.5, 0.6) is 28.7 Å². The van der Waals surface area contributed by atoms with E-state index in [0.29, 0.717) is 16.9 Å². The second kappa shape index (κ2) is 18.5. The van der Waals surface area contributed by atoms with Crippen LogP contribution in [0.25, 0.3) is 6.08 Å². The van der Waals surface area contributed by atoms with Crippen LogP contribution in [0.1, 0.15) is 67.8 Å². The van der Waals surface area contributed by atoms with Crippen LogP contribution in [0, 0.1) is 0 Å². The number of carbonyl (C=O) groups is 6. The van der Waals surface area contributed by atoms with Crippen LogP contribution < -0.4 is 36.1 Å². The van der Waals surface area contributed by atoms with Crippen molar-refractivity contribution in [2.75, 3.05) is 35.5 Å². The van der Waals surface area contributed by atoms with Gasteiger partial charge in [0.1, 0.15) is 16.9 Å². The molecule has 0 saturated carbocycles. The molecule has 0 unspecified atom stereocenters. The zero-order valence-electron chi connectivity index (χ0n) is 33.4. The summed E-state index contributed by atoms with van der Waals surface area (Å²) in [5, 5.41) is 53.1. The monoisotopic (exact) mass is 831 g/mol. The minimum absolute atomic E-state index is 0.00562. The lowest BCUT2D eigenvalue weighted by atomic mass is 10.0. The molecule has 0 radical (unpaired) electrons. The summed E-state index contributed by atoms with van der Waals surface area (Å²) in [6.45, 7) is 4.67. The van der Waals surface area contributed by atoms with Crippen molar-refractivity contribution in [3.05, 3.63) is 130 Å². The molecule has 61 heavy (non-hydrogen) atoms. The number of ether oxygens (including phenoxy) is 2. The first-order valence-corrected chi connectivity index (χ1v) is 18.2. The Labute approximate surface area is 348 Å². The van der Waals surface area contributed by atoms with E-state index >= 15 is 0 Å². The van der Waals surface area contributed by atoms with Gasteiger partial charge in [0.25, 0.3) is 23.6 Å². The van der Waals surface area contributed by atoms with Gasteiger partial charge in [0.2, 0.25) is 5.91 Å². The number of phenolic OH excluding ortho intramolecular Hbond substituents is 2. The number of anilines is 4. The molecule has 17 heteroatoms. The number of carboxylic acid groups (broad SMARTS) is 1. The highest BCUT2D eigenvalue weighted by Gasteiger charge is 2.30. The number of hydrogen-bond acceptors (Lipinski definition) is 11. The van der Waals surface area contributed by atoms with E-state index in [-0.39, 0.29) is 51.2 Å². The van der Waals surface area contributed by atoms with Crippen molar-refractivity contribution >= 4 is 64.3 Å². The van der Waals surface area contributed by atoms with Gasteiger partial charge >= 0.3 is 5.97 Å². The molecule has 0 atom stereocenters. The maximum Gasteiger partial charge on any atom is 0.339 e. The Morgan fingerprint density at radius 1 is 0.574 bits per heavy atom. The van der Waals surface area contributed by atoms with Gasteiger partial charge in [-0.3, -0.25) is 24.0 Å². The van der Waals surface area contributed by atoms with Gasteiger partial charge in [0, 0.05) is 28.1 Å². The molecule has 17 nitrogen and oxygen atoms in total. The standard InChI is InChI=1S/C44H41N5O12/c1-23(22-24-6-16-29(50)17-7-24)38(53)45-27-12-10-26(11-13-27)40(55)49-44(2,3)43(59)46-28-14-8-25(9-15-28)39(54)47-32-20-18-30(34(51)36(32)60-4)41(56)48-33-21-19-31(42(57)58)35(52)37(33)61-5/h6-22,50-52H,1-5H3,(H,45,53)(H,46,59)(H,47,54)(H,48,56)(H,49,55)(H,57,58). The third kappa shape index (κ3) is 10.4. The number of nitrogens with one attached hydrogen (secondary N) is 5. The van der Waals surface area contributed by atoms with Gasteiger partial charge in [-0.2, -0.15) is 0 Å². The van der Waals surface area contributed by atoms with E-state index in [4.69, 9.17) is 9.47 Å². The minimum atomic E-state index is -1.42. The Bertz CT molecular complexity index is 2550. The molecule has 0 aromatic heterocycles. The Balaban J connectivity index is 1.17. The lowest BCUT2D eigenvalue weighted by Gasteiger charge is -2.25. The van der Waals surface area contributed by atoms with E-state index in [2.05, 4.69) is 26.6 Å². The largest absolute Gasteiger partial charge is 0.508 e. The average molecular weight is 832 g/mol. The van der Waals surface area contributed by atoms with E-state index in [1.807, 2.05) is 0 Å². The molecule has 5 aromatic rings. The van der Waals surface area contributed by atoms with E-state index in [1.54, 1.807) is 37.3 Å². The van der Waals surface area contributed by atoms with Crippen molar-refractivity contribution in [2.45, 2.75) is 26.3 Å². The molecular weight excluding hydrogens is 791 g/mol. The first kappa shape index (κ1) is 43.8.